The van der Waals surface area contributed by atoms with Crippen LogP contribution in [0.4, 0.5) is 4.79 Å². The average Bonchev–Trinajstić information content (AvgIpc) is 2.42. The molecule has 1 aliphatic rings. The molecule has 1 saturated heterocycles. The number of carboxylic acid groups (broad SMARTS) is 1. The molecule has 0 spiro atoms. The van der Waals surface area contributed by atoms with Crippen LogP contribution in [0.3, 0.4) is 0 Å². The smallest absolute Gasteiger partial charge is 0.410 e. The molecule has 0 saturated carbocycles. The molecule has 1 aliphatic heterocycles. The lowest BCUT2D eigenvalue weighted by atomic mass is 9.89. The number of piperidine rings is 1. The van der Waals surface area contributed by atoms with Crippen LogP contribution in [0.1, 0.15) is 47.0 Å². The van der Waals surface area contributed by atoms with E-state index in [1.54, 1.807) is 25.7 Å². The first-order chi connectivity index (χ1) is 10.5. The number of hydrogen-bond acceptors (Lipinski definition) is 4. The van der Waals surface area contributed by atoms with E-state index in [4.69, 9.17) is 4.74 Å². The minimum atomic E-state index is -1.03. The number of amides is 2. The number of ether oxygens (including phenoxy) is 1. The minimum Gasteiger partial charge on any atom is -0.480 e. The zero-order valence-corrected chi connectivity index (χ0v) is 14.7. The first-order valence-electron chi connectivity index (χ1n) is 7.95. The third-order valence-corrected chi connectivity index (χ3v) is 4.05. The monoisotopic (exact) mass is 328 g/mol. The summed E-state index contributed by atoms with van der Waals surface area (Å²) in [6.45, 7) is 8.05. The maximum Gasteiger partial charge on any atom is 0.410 e. The minimum absolute atomic E-state index is 0.0455. The number of rotatable bonds is 4. The topological polar surface area (TPSA) is 87.2 Å². The van der Waals surface area contributed by atoms with E-state index >= 15 is 0 Å². The second-order valence-electron chi connectivity index (χ2n) is 7.13. The first kappa shape index (κ1) is 19.3. The van der Waals surface area contributed by atoms with Gasteiger partial charge >= 0.3 is 12.1 Å². The van der Waals surface area contributed by atoms with E-state index in [0.29, 0.717) is 19.5 Å². The summed E-state index contributed by atoms with van der Waals surface area (Å²) in [6, 6.07) is -0.918. The molecule has 0 unspecified atom stereocenters. The number of carbonyl (C=O) groups excluding carboxylic acids is 2. The van der Waals surface area contributed by atoms with Crippen LogP contribution in [0.5, 0.6) is 0 Å². The molecule has 23 heavy (non-hydrogen) atoms. The maximum atomic E-state index is 12.1. The highest BCUT2D eigenvalue weighted by molar-refractivity contribution is 5.80. The van der Waals surface area contributed by atoms with Gasteiger partial charge in [-0.25, -0.2) is 9.59 Å². The number of likely N-dealkylation sites (tertiary alicyclic amines) is 1. The fourth-order valence-corrected chi connectivity index (χ4v) is 2.69. The molecule has 0 aromatic carbocycles. The van der Waals surface area contributed by atoms with E-state index in [1.165, 1.54) is 14.0 Å². The molecule has 0 aliphatic carbocycles. The molecule has 0 aromatic heterocycles. The van der Waals surface area contributed by atoms with Crippen LogP contribution < -0.4 is 0 Å². The standard InChI is InChI=1S/C16H28N2O5/c1-11(19)18-8-6-12(7-9-18)10-13(14(20)21)17(5)15(22)23-16(2,3)4/h12-13H,6-10H2,1-5H3,(H,20,21)/t13-/m0/s1. The van der Waals surface area contributed by atoms with Crippen molar-refractivity contribution in [3.63, 3.8) is 0 Å². The highest BCUT2D eigenvalue weighted by Crippen LogP contribution is 2.24. The van der Waals surface area contributed by atoms with Crippen molar-refractivity contribution in [3.05, 3.63) is 0 Å². The predicted octanol–water partition coefficient (Wildman–Crippen LogP) is 1.96. The van der Waals surface area contributed by atoms with Crippen LogP contribution in [0.25, 0.3) is 0 Å². The Morgan fingerprint density at radius 1 is 1.26 bits per heavy atom. The molecule has 132 valence electrons. The number of aliphatic carboxylic acids is 1. The largest absolute Gasteiger partial charge is 0.480 e. The SMILES string of the molecule is CC(=O)N1CCC(C[C@@H](C(=O)O)N(C)C(=O)OC(C)(C)C)CC1. The van der Waals surface area contributed by atoms with Crippen LogP contribution in [-0.2, 0) is 14.3 Å². The molecule has 1 rings (SSSR count). The molecular formula is C16H28N2O5. The molecule has 0 aromatic rings. The number of hydrogen-bond donors (Lipinski definition) is 1. The lowest BCUT2D eigenvalue weighted by molar-refractivity contribution is -0.143. The molecule has 0 bridgehead atoms. The highest BCUT2D eigenvalue weighted by Gasteiger charge is 2.33. The zero-order valence-electron chi connectivity index (χ0n) is 14.7. The van der Waals surface area contributed by atoms with E-state index in [-0.39, 0.29) is 11.8 Å². The molecular weight excluding hydrogens is 300 g/mol. The Hall–Kier alpha value is -1.79. The second-order valence-corrected chi connectivity index (χ2v) is 7.13. The summed E-state index contributed by atoms with van der Waals surface area (Å²) in [5, 5.41) is 9.45. The summed E-state index contributed by atoms with van der Waals surface area (Å²) < 4.78 is 5.24. The quantitative estimate of drug-likeness (QED) is 0.852. The number of nitrogens with zero attached hydrogens (tertiary/aromatic N) is 2. The van der Waals surface area contributed by atoms with Gasteiger partial charge in [-0.1, -0.05) is 0 Å². The molecule has 1 atom stereocenters. The van der Waals surface area contributed by atoms with Gasteiger partial charge in [-0.3, -0.25) is 9.69 Å². The van der Waals surface area contributed by atoms with Crippen LogP contribution in [-0.4, -0.2) is 64.7 Å². The van der Waals surface area contributed by atoms with Gasteiger partial charge in [0.05, 0.1) is 0 Å². The van der Waals surface area contributed by atoms with Gasteiger partial charge in [-0.15, -0.1) is 0 Å². The number of likely N-dealkylation sites (N-methyl/N-ethyl adjacent to an activating group) is 1. The van der Waals surface area contributed by atoms with E-state index in [9.17, 15) is 19.5 Å². The van der Waals surface area contributed by atoms with Gasteiger partial charge < -0.3 is 14.7 Å². The van der Waals surface area contributed by atoms with Crippen molar-refractivity contribution in [2.24, 2.45) is 5.92 Å². The van der Waals surface area contributed by atoms with Crippen molar-refractivity contribution in [1.29, 1.82) is 0 Å². The van der Waals surface area contributed by atoms with E-state index in [0.717, 1.165) is 17.7 Å². The fraction of sp³-hybridized carbons (Fsp3) is 0.812. The van der Waals surface area contributed by atoms with Crippen LogP contribution in [0.2, 0.25) is 0 Å². The summed E-state index contributed by atoms with van der Waals surface area (Å²) in [5.41, 5.74) is -0.665. The van der Waals surface area contributed by atoms with Crippen LogP contribution in [0.15, 0.2) is 0 Å². The first-order valence-corrected chi connectivity index (χ1v) is 7.95. The predicted molar refractivity (Wildman–Crippen MR) is 85.0 cm³/mol. The summed E-state index contributed by atoms with van der Waals surface area (Å²) in [5.74, 6) is -0.812. The van der Waals surface area contributed by atoms with E-state index in [1.807, 2.05) is 0 Å². The van der Waals surface area contributed by atoms with Gasteiger partial charge in [0.25, 0.3) is 0 Å². The lowest BCUT2D eigenvalue weighted by Gasteiger charge is -2.34. The third-order valence-electron chi connectivity index (χ3n) is 4.05. The molecule has 1 N–H and O–H groups in total. The van der Waals surface area contributed by atoms with Crippen molar-refractivity contribution in [1.82, 2.24) is 9.80 Å². The van der Waals surface area contributed by atoms with Gasteiger partial charge in [0.15, 0.2) is 0 Å². The molecule has 1 heterocycles. The molecule has 7 nitrogen and oxygen atoms in total. The Labute approximate surface area is 137 Å². The summed E-state index contributed by atoms with van der Waals surface area (Å²) >= 11 is 0. The Balaban J connectivity index is 2.64. The average molecular weight is 328 g/mol. The van der Waals surface area contributed by atoms with E-state index < -0.39 is 23.7 Å². The normalized spacial score (nSPS) is 17.5. The Morgan fingerprint density at radius 2 is 1.78 bits per heavy atom. The van der Waals surface area contributed by atoms with Crippen LogP contribution in [0, 0.1) is 5.92 Å². The molecule has 2 amide bonds. The third kappa shape index (κ3) is 6.08. The lowest BCUT2D eigenvalue weighted by Crippen LogP contribution is -2.47. The Kier molecular flexibility index (Phi) is 6.41. The second kappa shape index (κ2) is 7.66. The van der Waals surface area contributed by atoms with Gasteiger partial charge in [-0.05, 0) is 46.0 Å². The van der Waals surface area contributed by atoms with Gasteiger partial charge in [-0.2, -0.15) is 0 Å². The van der Waals surface area contributed by atoms with Gasteiger partial charge in [0.1, 0.15) is 11.6 Å². The van der Waals surface area contributed by atoms with Crippen LogP contribution >= 0.6 is 0 Å². The number of carbonyl (C=O) groups is 3. The molecule has 1 fully saturated rings. The summed E-state index contributed by atoms with van der Waals surface area (Å²) in [4.78, 5) is 37.9. The van der Waals surface area contributed by atoms with Crippen molar-refractivity contribution in [2.45, 2.75) is 58.6 Å². The summed E-state index contributed by atoms with van der Waals surface area (Å²) in [6.07, 6.45) is 1.25. The van der Waals surface area contributed by atoms with Crippen molar-refractivity contribution >= 4 is 18.0 Å². The highest BCUT2D eigenvalue weighted by atomic mass is 16.6. The maximum absolute atomic E-state index is 12.1. The Morgan fingerprint density at radius 3 is 2.17 bits per heavy atom. The zero-order chi connectivity index (χ0) is 17.8. The van der Waals surface area contributed by atoms with Crippen molar-refractivity contribution in [2.75, 3.05) is 20.1 Å². The molecule has 7 heteroatoms. The van der Waals surface area contributed by atoms with Gasteiger partial charge in [0, 0.05) is 27.1 Å². The summed E-state index contributed by atoms with van der Waals surface area (Å²) in [7, 11) is 1.46. The van der Waals surface area contributed by atoms with Crippen molar-refractivity contribution < 1.29 is 24.2 Å². The van der Waals surface area contributed by atoms with E-state index in [2.05, 4.69) is 0 Å². The molecule has 0 radical (unpaired) electrons. The van der Waals surface area contributed by atoms with Crippen molar-refractivity contribution in [3.8, 4) is 0 Å². The number of carboxylic acids is 1. The van der Waals surface area contributed by atoms with Gasteiger partial charge in [0.2, 0.25) is 5.91 Å². The Bertz CT molecular complexity index is 450. The fourth-order valence-electron chi connectivity index (χ4n) is 2.69.